The van der Waals surface area contributed by atoms with Crippen molar-refractivity contribution >= 4 is 36.2 Å². The van der Waals surface area contributed by atoms with Gasteiger partial charge in [0.25, 0.3) is 0 Å². The maximum atomic E-state index is 4.32. The first kappa shape index (κ1) is 7.95. The van der Waals surface area contributed by atoms with Crippen molar-refractivity contribution in [2.24, 2.45) is 0 Å². The van der Waals surface area contributed by atoms with Crippen LogP contribution in [0.3, 0.4) is 0 Å². The molecule has 1 nitrogen and oxygen atoms in total. The Bertz CT molecular complexity index is 385. The highest BCUT2D eigenvalue weighted by Crippen LogP contribution is 2.25. The molecule has 0 spiro atoms. The Morgan fingerprint density at radius 3 is 2.50 bits per heavy atom. The van der Waals surface area contributed by atoms with Crippen molar-refractivity contribution in [2.45, 2.75) is 9.79 Å². The van der Waals surface area contributed by atoms with E-state index in [-0.39, 0.29) is 0 Å². The van der Waals surface area contributed by atoms with Crippen molar-refractivity contribution in [3.8, 4) is 0 Å². The third-order valence-electron chi connectivity index (χ3n) is 1.73. The molecule has 60 valence electrons. The fourth-order valence-electron chi connectivity index (χ4n) is 1.14. The van der Waals surface area contributed by atoms with Crippen LogP contribution in [0.4, 0.5) is 0 Å². The van der Waals surface area contributed by atoms with Crippen LogP contribution in [0.1, 0.15) is 0 Å². The van der Waals surface area contributed by atoms with E-state index in [4.69, 9.17) is 0 Å². The summed E-state index contributed by atoms with van der Waals surface area (Å²) in [5.74, 6) is 0. The lowest BCUT2D eigenvalue weighted by Gasteiger charge is -2.01. The number of fused-ring (bicyclic) bond motifs is 1. The molecule has 1 aromatic heterocycles. The number of rotatable bonds is 0. The molecule has 2 rings (SSSR count). The van der Waals surface area contributed by atoms with E-state index in [1.165, 1.54) is 0 Å². The molecule has 12 heavy (non-hydrogen) atoms. The monoisotopic (exact) mass is 193 g/mol. The number of hydrogen-bond acceptors (Lipinski definition) is 3. The van der Waals surface area contributed by atoms with E-state index < -0.39 is 0 Å². The number of benzene rings is 1. The summed E-state index contributed by atoms with van der Waals surface area (Å²) in [5.41, 5.74) is 0.910. The van der Waals surface area contributed by atoms with Gasteiger partial charge in [-0.3, -0.25) is 4.98 Å². The number of aromatic nitrogens is 1. The van der Waals surface area contributed by atoms with Crippen LogP contribution in [-0.4, -0.2) is 4.98 Å². The summed E-state index contributed by atoms with van der Waals surface area (Å²) < 4.78 is 0. The summed E-state index contributed by atoms with van der Waals surface area (Å²) >= 11 is 8.62. The zero-order chi connectivity index (χ0) is 8.55. The Morgan fingerprint density at radius 2 is 1.75 bits per heavy atom. The highest BCUT2D eigenvalue weighted by Gasteiger charge is 2.00. The van der Waals surface area contributed by atoms with Gasteiger partial charge in [0.05, 0.1) is 5.52 Å². The van der Waals surface area contributed by atoms with E-state index in [1.807, 2.05) is 24.3 Å². The third kappa shape index (κ3) is 1.19. The molecule has 0 atom stereocenters. The van der Waals surface area contributed by atoms with Gasteiger partial charge >= 0.3 is 0 Å². The molecule has 0 fully saturated rings. The van der Waals surface area contributed by atoms with Gasteiger partial charge in [-0.2, -0.15) is 0 Å². The van der Waals surface area contributed by atoms with Crippen LogP contribution >= 0.6 is 25.3 Å². The molecule has 1 aromatic carbocycles. The van der Waals surface area contributed by atoms with Crippen molar-refractivity contribution < 1.29 is 0 Å². The zero-order valence-electron chi connectivity index (χ0n) is 6.23. The fourth-order valence-corrected chi connectivity index (χ4v) is 1.65. The quantitative estimate of drug-likeness (QED) is 0.613. The lowest BCUT2D eigenvalue weighted by molar-refractivity contribution is 1.32. The van der Waals surface area contributed by atoms with Gasteiger partial charge in [-0.15, -0.1) is 25.3 Å². The van der Waals surface area contributed by atoms with Crippen LogP contribution in [0.25, 0.3) is 10.9 Å². The Labute approximate surface area is 81.6 Å². The topological polar surface area (TPSA) is 12.9 Å². The van der Waals surface area contributed by atoms with Crippen LogP contribution in [-0.2, 0) is 0 Å². The average Bonchev–Trinajstić information content (AvgIpc) is 2.12. The predicted octanol–water partition coefficient (Wildman–Crippen LogP) is 2.81. The Hall–Kier alpha value is -0.670. The van der Waals surface area contributed by atoms with Gasteiger partial charge in [-0.1, -0.05) is 6.07 Å². The van der Waals surface area contributed by atoms with Crippen LogP contribution in [0.2, 0.25) is 0 Å². The molecule has 0 amide bonds. The number of nitrogens with zero attached hydrogens (tertiary/aromatic N) is 1. The van der Waals surface area contributed by atoms with E-state index in [9.17, 15) is 0 Å². The maximum Gasteiger partial charge on any atom is 0.0846 e. The van der Waals surface area contributed by atoms with Crippen LogP contribution in [0.15, 0.2) is 40.3 Å². The van der Waals surface area contributed by atoms with E-state index in [0.29, 0.717) is 0 Å². The normalized spacial score (nSPS) is 10.5. The van der Waals surface area contributed by atoms with Gasteiger partial charge in [0.1, 0.15) is 0 Å². The largest absolute Gasteiger partial charge is 0.255 e. The summed E-state index contributed by atoms with van der Waals surface area (Å²) in [6.07, 6.45) is 1.76. The predicted molar refractivity (Wildman–Crippen MR) is 56.2 cm³/mol. The van der Waals surface area contributed by atoms with Gasteiger partial charge in [0, 0.05) is 21.4 Å². The third-order valence-corrected chi connectivity index (χ3v) is 2.48. The summed E-state index contributed by atoms with van der Waals surface area (Å²) in [6.45, 7) is 0. The molecule has 0 N–H and O–H groups in total. The van der Waals surface area contributed by atoms with Crippen molar-refractivity contribution in [1.82, 2.24) is 4.98 Å². The molecule has 3 heteroatoms. The van der Waals surface area contributed by atoms with Gasteiger partial charge < -0.3 is 0 Å². The Morgan fingerprint density at radius 1 is 1.00 bits per heavy atom. The molecule has 0 saturated heterocycles. The minimum Gasteiger partial charge on any atom is -0.255 e. The van der Waals surface area contributed by atoms with Crippen LogP contribution < -0.4 is 0 Å². The fraction of sp³-hybridized carbons (Fsp3) is 0. The Kier molecular flexibility index (Phi) is 1.98. The van der Waals surface area contributed by atoms with Gasteiger partial charge in [0.15, 0.2) is 0 Å². The molecule has 0 aliphatic heterocycles. The lowest BCUT2D eigenvalue weighted by atomic mass is 10.2. The van der Waals surface area contributed by atoms with Crippen molar-refractivity contribution in [2.75, 3.05) is 0 Å². The first-order valence-electron chi connectivity index (χ1n) is 3.55. The lowest BCUT2D eigenvalue weighted by Crippen LogP contribution is -1.80. The molecular weight excluding hydrogens is 186 g/mol. The second-order valence-corrected chi connectivity index (χ2v) is 3.47. The molecule has 0 radical (unpaired) electrons. The van der Waals surface area contributed by atoms with Crippen molar-refractivity contribution in [3.63, 3.8) is 0 Å². The van der Waals surface area contributed by atoms with E-state index in [0.717, 1.165) is 20.7 Å². The van der Waals surface area contributed by atoms with E-state index >= 15 is 0 Å². The first-order valence-corrected chi connectivity index (χ1v) is 4.44. The van der Waals surface area contributed by atoms with Crippen LogP contribution in [0.5, 0.6) is 0 Å². The molecule has 2 aromatic rings. The molecule has 0 unspecified atom stereocenters. The molecule has 0 saturated carbocycles. The SMILES string of the molecule is Sc1ccc(S)c2ncccc12. The average molecular weight is 193 g/mol. The summed E-state index contributed by atoms with van der Waals surface area (Å²) in [6, 6.07) is 7.72. The molecule has 0 aliphatic rings. The standard InChI is InChI=1S/C9H7NS2/c11-7-3-4-8(12)9-6(7)2-1-5-10-9/h1-5,11-12H. The van der Waals surface area contributed by atoms with E-state index in [2.05, 4.69) is 30.2 Å². The summed E-state index contributed by atoms with van der Waals surface area (Å²) in [4.78, 5) is 6.05. The maximum absolute atomic E-state index is 4.32. The highest BCUT2D eigenvalue weighted by atomic mass is 32.1. The minimum atomic E-state index is 0.892. The highest BCUT2D eigenvalue weighted by molar-refractivity contribution is 7.81. The Balaban J connectivity index is 2.95. The number of thiol groups is 2. The molecule has 0 aliphatic carbocycles. The van der Waals surface area contributed by atoms with E-state index in [1.54, 1.807) is 6.20 Å². The van der Waals surface area contributed by atoms with Crippen molar-refractivity contribution in [1.29, 1.82) is 0 Å². The smallest absolute Gasteiger partial charge is 0.0846 e. The number of pyridine rings is 1. The second kappa shape index (κ2) is 2.99. The molecular formula is C9H7NS2. The molecule has 1 heterocycles. The zero-order valence-corrected chi connectivity index (χ0v) is 8.02. The van der Waals surface area contributed by atoms with Crippen LogP contribution in [0, 0.1) is 0 Å². The second-order valence-electron chi connectivity index (χ2n) is 2.50. The summed E-state index contributed by atoms with van der Waals surface area (Å²) in [5, 5.41) is 1.05. The van der Waals surface area contributed by atoms with Gasteiger partial charge in [-0.05, 0) is 18.2 Å². The summed E-state index contributed by atoms with van der Waals surface area (Å²) in [7, 11) is 0. The molecule has 0 bridgehead atoms. The minimum absolute atomic E-state index is 0.892. The number of hydrogen-bond donors (Lipinski definition) is 2. The first-order chi connectivity index (χ1) is 5.79. The van der Waals surface area contributed by atoms with Crippen molar-refractivity contribution in [3.05, 3.63) is 30.5 Å². The van der Waals surface area contributed by atoms with Gasteiger partial charge in [-0.25, -0.2) is 0 Å². The van der Waals surface area contributed by atoms with Gasteiger partial charge in [0.2, 0.25) is 0 Å².